The lowest BCUT2D eigenvalue weighted by Gasteiger charge is -2.37. The van der Waals surface area contributed by atoms with Crippen LogP contribution in [0.25, 0.3) is 22.4 Å². The summed E-state index contributed by atoms with van der Waals surface area (Å²) in [7, 11) is 0. The van der Waals surface area contributed by atoms with Crippen LogP contribution in [0.3, 0.4) is 0 Å². The molecular weight excluding hydrogens is 342 g/mol. The molecule has 2 aromatic heterocycles. The lowest BCUT2D eigenvalue weighted by atomic mass is 9.79. The summed E-state index contributed by atoms with van der Waals surface area (Å²) in [4.78, 5) is 23.9. The van der Waals surface area contributed by atoms with Crippen molar-refractivity contribution >= 4 is 16.9 Å². The average molecular weight is 365 g/mol. The fraction of sp³-hybridized carbons (Fsp3) is 0.364. The minimum atomic E-state index is -1.20. The standard InChI is InChI=1S/C22H23NO4/c1-5-12-6-7-13-14-9-19(22(2,3)4)23-11-15(21(25)26)17(24)10-16(23)20(14)27-18(13)8-12/h6-8,10-11,19H,5,9H2,1-4H3,(H,25,26)/t19-/m1/s1. The van der Waals surface area contributed by atoms with Crippen LogP contribution in [0.5, 0.6) is 0 Å². The van der Waals surface area contributed by atoms with Gasteiger partial charge in [-0.25, -0.2) is 4.79 Å². The van der Waals surface area contributed by atoms with Gasteiger partial charge < -0.3 is 14.1 Å². The molecule has 1 atom stereocenters. The van der Waals surface area contributed by atoms with E-state index in [0.29, 0.717) is 11.5 Å². The van der Waals surface area contributed by atoms with Crippen molar-refractivity contribution in [3.05, 3.63) is 57.4 Å². The van der Waals surface area contributed by atoms with Crippen molar-refractivity contribution in [1.82, 2.24) is 4.57 Å². The third kappa shape index (κ3) is 2.69. The Balaban J connectivity index is 2.04. The molecular formula is C22H23NO4. The quantitative estimate of drug-likeness (QED) is 0.716. The molecule has 3 aromatic rings. The monoisotopic (exact) mass is 365 g/mol. The average Bonchev–Trinajstić information content (AvgIpc) is 2.97. The summed E-state index contributed by atoms with van der Waals surface area (Å²) < 4.78 is 8.08. The maximum absolute atomic E-state index is 12.4. The van der Waals surface area contributed by atoms with Gasteiger partial charge in [0.05, 0.1) is 5.69 Å². The molecule has 0 radical (unpaired) electrons. The van der Waals surface area contributed by atoms with E-state index in [-0.39, 0.29) is 17.0 Å². The van der Waals surface area contributed by atoms with Gasteiger partial charge >= 0.3 is 5.97 Å². The largest absolute Gasteiger partial charge is 0.477 e. The number of aryl methyl sites for hydroxylation is 1. The molecule has 0 aliphatic carbocycles. The number of nitrogens with zero attached hydrogens (tertiary/aromatic N) is 1. The number of carboxylic acids is 1. The summed E-state index contributed by atoms with van der Waals surface area (Å²) in [5, 5.41) is 10.5. The Morgan fingerprint density at radius 3 is 2.67 bits per heavy atom. The molecule has 140 valence electrons. The van der Waals surface area contributed by atoms with E-state index in [1.165, 1.54) is 17.8 Å². The zero-order valence-electron chi connectivity index (χ0n) is 16.0. The van der Waals surface area contributed by atoms with E-state index >= 15 is 0 Å². The fourth-order valence-electron chi connectivity index (χ4n) is 3.99. The van der Waals surface area contributed by atoms with Crippen LogP contribution in [0.2, 0.25) is 0 Å². The van der Waals surface area contributed by atoms with E-state index < -0.39 is 11.4 Å². The smallest absolute Gasteiger partial charge is 0.341 e. The van der Waals surface area contributed by atoms with Gasteiger partial charge in [0.1, 0.15) is 11.1 Å². The van der Waals surface area contributed by atoms with Gasteiger partial charge in [-0.05, 0) is 29.9 Å². The van der Waals surface area contributed by atoms with Crippen molar-refractivity contribution in [2.45, 2.75) is 46.6 Å². The number of hydrogen-bond acceptors (Lipinski definition) is 3. The summed E-state index contributed by atoms with van der Waals surface area (Å²) >= 11 is 0. The third-order valence-electron chi connectivity index (χ3n) is 5.54. The Hall–Kier alpha value is -2.82. The molecule has 0 saturated carbocycles. The van der Waals surface area contributed by atoms with Gasteiger partial charge in [0.2, 0.25) is 0 Å². The van der Waals surface area contributed by atoms with Crippen LogP contribution >= 0.6 is 0 Å². The van der Waals surface area contributed by atoms with Crippen molar-refractivity contribution < 1.29 is 14.3 Å². The number of carbonyl (C=O) groups is 1. The molecule has 0 bridgehead atoms. The normalized spacial score (nSPS) is 16.2. The summed E-state index contributed by atoms with van der Waals surface area (Å²) in [6, 6.07) is 7.68. The topological polar surface area (TPSA) is 72.4 Å². The molecule has 1 aromatic carbocycles. The molecule has 4 rings (SSSR count). The van der Waals surface area contributed by atoms with Crippen molar-refractivity contribution in [1.29, 1.82) is 0 Å². The zero-order chi connectivity index (χ0) is 19.5. The molecule has 0 saturated heterocycles. The van der Waals surface area contributed by atoms with Gasteiger partial charge in [0.15, 0.2) is 11.2 Å². The van der Waals surface area contributed by atoms with E-state index in [4.69, 9.17) is 4.42 Å². The van der Waals surface area contributed by atoms with Gasteiger partial charge in [-0.3, -0.25) is 4.79 Å². The van der Waals surface area contributed by atoms with E-state index in [0.717, 1.165) is 29.4 Å². The van der Waals surface area contributed by atoms with E-state index in [2.05, 4.69) is 39.8 Å². The summed E-state index contributed by atoms with van der Waals surface area (Å²) in [5.41, 5.74) is 2.93. The van der Waals surface area contributed by atoms with Crippen LogP contribution < -0.4 is 5.43 Å². The van der Waals surface area contributed by atoms with Gasteiger partial charge in [0, 0.05) is 29.3 Å². The van der Waals surface area contributed by atoms with Crippen LogP contribution in [0.15, 0.2) is 39.7 Å². The molecule has 0 spiro atoms. The number of benzene rings is 1. The minimum absolute atomic E-state index is 0.0188. The van der Waals surface area contributed by atoms with Crippen molar-refractivity contribution in [2.75, 3.05) is 0 Å². The Labute approximate surface area is 157 Å². The van der Waals surface area contributed by atoms with Gasteiger partial charge in [0.25, 0.3) is 0 Å². The Kier molecular flexibility index (Phi) is 3.81. The maximum atomic E-state index is 12.4. The zero-order valence-corrected chi connectivity index (χ0v) is 16.0. The molecule has 1 N–H and O–H groups in total. The number of pyridine rings is 1. The molecule has 1 aliphatic heterocycles. The first-order valence-electron chi connectivity index (χ1n) is 9.25. The first-order valence-corrected chi connectivity index (χ1v) is 9.25. The molecule has 0 unspecified atom stereocenters. The van der Waals surface area contributed by atoms with E-state index in [9.17, 15) is 14.7 Å². The number of rotatable bonds is 2. The molecule has 3 heterocycles. The number of aromatic carboxylic acids is 1. The lowest BCUT2D eigenvalue weighted by molar-refractivity contribution is 0.0693. The molecule has 27 heavy (non-hydrogen) atoms. The maximum Gasteiger partial charge on any atom is 0.341 e. The van der Waals surface area contributed by atoms with Crippen LogP contribution in [-0.4, -0.2) is 15.6 Å². The van der Waals surface area contributed by atoms with E-state index in [1.54, 1.807) is 0 Å². The fourth-order valence-corrected chi connectivity index (χ4v) is 3.99. The number of aromatic nitrogens is 1. The summed E-state index contributed by atoms with van der Waals surface area (Å²) in [5.74, 6) is -0.529. The van der Waals surface area contributed by atoms with Gasteiger partial charge in [-0.2, -0.15) is 0 Å². The predicted octanol–water partition coefficient (Wildman–Crippen LogP) is 4.67. The predicted molar refractivity (Wildman–Crippen MR) is 104 cm³/mol. The Morgan fingerprint density at radius 2 is 2.04 bits per heavy atom. The summed E-state index contributed by atoms with van der Waals surface area (Å²) in [6.45, 7) is 8.48. The van der Waals surface area contributed by atoms with Crippen molar-refractivity contribution in [2.24, 2.45) is 5.41 Å². The van der Waals surface area contributed by atoms with Gasteiger partial charge in [-0.15, -0.1) is 0 Å². The minimum Gasteiger partial charge on any atom is -0.477 e. The SMILES string of the molecule is CCc1ccc2c3c(oc2c1)-c1cc(=O)c(C(=O)O)cn1[C@@H](C(C)(C)C)C3. The number of fused-ring (bicyclic) bond motifs is 5. The highest BCUT2D eigenvalue weighted by Gasteiger charge is 2.36. The second-order valence-corrected chi connectivity index (χ2v) is 8.33. The van der Waals surface area contributed by atoms with Crippen molar-refractivity contribution in [3.63, 3.8) is 0 Å². The van der Waals surface area contributed by atoms with Crippen LogP contribution in [0, 0.1) is 5.41 Å². The number of carboxylic acid groups (broad SMARTS) is 1. The number of furan rings is 1. The highest BCUT2D eigenvalue weighted by Crippen LogP contribution is 2.46. The van der Waals surface area contributed by atoms with E-state index in [1.807, 2.05) is 10.6 Å². The first kappa shape index (κ1) is 17.6. The second-order valence-electron chi connectivity index (χ2n) is 8.33. The molecule has 5 heteroatoms. The van der Waals surface area contributed by atoms with Crippen molar-refractivity contribution in [3.8, 4) is 11.5 Å². The molecule has 1 aliphatic rings. The number of hydrogen-bond donors (Lipinski definition) is 1. The van der Waals surface area contributed by atoms with Crippen LogP contribution in [-0.2, 0) is 12.8 Å². The van der Waals surface area contributed by atoms with Gasteiger partial charge in [-0.1, -0.05) is 39.8 Å². The second kappa shape index (κ2) is 5.84. The summed E-state index contributed by atoms with van der Waals surface area (Å²) in [6.07, 6.45) is 3.12. The molecule has 0 amide bonds. The first-order chi connectivity index (χ1) is 12.7. The Morgan fingerprint density at radius 1 is 1.30 bits per heavy atom. The molecule has 0 fully saturated rings. The lowest BCUT2D eigenvalue weighted by Crippen LogP contribution is -2.32. The highest BCUT2D eigenvalue weighted by molar-refractivity contribution is 5.90. The molecule has 5 nitrogen and oxygen atoms in total. The Bertz CT molecular complexity index is 1130. The third-order valence-corrected chi connectivity index (χ3v) is 5.54. The highest BCUT2D eigenvalue weighted by atomic mass is 16.4. The van der Waals surface area contributed by atoms with Crippen LogP contribution in [0.1, 0.15) is 55.2 Å². The van der Waals surface area contributed by atoms with Crippen LogP contribution in [0.4, 0.5) is 0 Å².